The molecule has 0 radical (unpaired) electrons. The van der Waals surface area contributed by atoms with Crippen LogP contribution in [0.5, 0.6) is 0 Å². The van der Waals surface area contributed by atoms with Gasteiger partial charge in [-0.3, -0.25) is 4.90 Å². The van der Waals surface area contributed by atoms with Gasteiger partial charge in [-0.15, -0.1) is 10.2 Å². The van der Waals surface area contributed by atoms with Gasteiger partial charge in [-0.05, 0) is 19.4 Å². The van der Waals surface area contributed by atoms with Gasteiger partial charge < -0.3 is 18.9 Å². The molecule has 3 heterocycles. The van der Waals surface area contributed by atoms with Crippen LogP contribution in [0, 0.1) is 0 Å². The first kappa shape index (κ1) is 16.8. The van der Waals surface area contributed by atoms with E-state index in [9.17, 15) is 0 Å². The van der Waals surface area contributed by atoms with Crippen molar-refractivity contribution in [2.24, 2.45) is 7.05 Å². The highest BCUT2D eigenvalue weighted by Gasteiger charge is 2.26. The molecule has 1 aromatic heterocycles. The van der Waals surface area contributed by atoms with Gasteiger partial charge in [-0.1, -0.05) is 0 Å². The maximum atomic E-state index is 5.41. The molecule has 3 rings (SSSR count). The second-order valence-electron chi connectivity index (χ2n) is 6.55. The van der Waals surface area contributed by atoms with Gasteiger partial charge in [0.2, 0.25) is 0 Å². The number of morpholine rings is 1. The molecule has 2 saturated heterocycles. The van der Waals surface area contributed by atoms with E-state index in [2.05, 4.69) is 31.6 Å². The Morgan fingerprint density at radius 3 is 2.78 bits per heavy atom. The molecule has 2 aliphatic rings. The monoisotopic (exact) mass is 323 g/mol. The van der Waals surface area contributed by atoms with Crippen LogP contribution >= 0.6 is 0 Å². The van der Waals surface area contributed by atoms with Gasteiger partial charge in [-0.2, -0.15) is 0 Å². The number of hydrogen-bond donors (Lipinski definition) is 0. The van der Waals surface area contributed by atoms with Crippen molar-refractivity contribution in [3.63, 3.8) is 0 Å². The zero-order valence-corrected chi connectivity index (χ0v) is 14.4. The number of nitrogens with zero attached hydrogens (tertiary/aromatic N) is 5. The summed E-state index contributed by atoms with van der Waals surface area (Å²) in [5.74, 6) is 2.68. The standard InChI is InChI=1S/C16H29N5O2/c1-19-15(13-21-7-10-23-11-8-21)17-18-16(19)14-4-3-5-20(12-14)6-9-22-2/h14H,3-13H2,1-2H3. The molecule has 1 aromatic rings. The second-order valence-corrected chi connectivity index (χ2v) is 6.55. The summed E-state index contributed by atoms with van der Waals surface area (Å²) in [5, 5.41) is 8.98. The Hall–Kier alpha value is -1.02. The van der Waals surface area contributed by atoms with E-state index in [1.165, 1.54) is 19.4 Å². The summed E-state index contributed by atoms with van der Waals surface area (Å²) in [6.45, 7) is 8.51. The molecule has 0 amide bonds. The van der Waals surface area contributed by atoms with E-state index < -0.39 is 0 Å². The average molecular weight is 323 g/mol. The van der Waals surface area contributed by atoms with Gasteiger partial charge in [0.25, 0.3) is 0 Å². The van der Waals surface area contributed by atoms with Crippen molar-refractivity contribution in [1.82, 2.24) is 24.6 Å². The van der Waals surface area contributed by atoms with Crippen LogP contribution < -0.4 is 0 Å². The molecule has 1 atom stereocenters. The maximum absolute atomic E-state index is 5.41. The van der Waals surface area contributed by atoms with Gasteiger partial charge >= 0.3 is 0 Å². The van der Waals surface area contributed by atoms with Crippen molar-refractivity contribution in [3.8, 4) is 0 Å². The number of rotatable bonds is 6. The van der Waals surface area contributed by atoms with Crippen molar-refractivity contribution in [3.05, 3.63) is 11.6 Å². The lowest BCUT2D eigenvalue weighted by Crippen LogP contribution is -2.37. The Morgan fingerprint density at radius 1 is 1.17 bits per heavy atom. The summed E-state index contributed by atoms with van der Waals surface area (Å²) in [5.41, 5.74) is 0. The van der Waals surface area contributed by atoms with Crippen LogP contribution in [-0.2, 0) is 23.1 Å². The quantitative estimate of drug-likeness (QED) is 0.759. The number of aromatic nitrogens is 3. The maximum Gasteiger partial charge on any atom is 0.146 e. The van der Waals surface area contributed by atoms with Gasteiger partial charge in [-0.25, -0.2) is 0 Å². The molecule has 2 aliphatic heterocycles. The molecule has 0 aliphatic carbocycles. The summed E-state index contributed by atoms with van der Waals surface area (Å²) in [7, 11) is 3.88. The molecule has 23 heavy (non-hydrogen) atoms. The number of likely N-dealkylation sites (tertiary alicyclic amines) is 1. The van der Waals surface area contributed by atoms with Crippen LogP contribution in [0.1, 0.15) is 30.4 Å². The third-order valence-corrected chi connectivity index (χ3v) is 4.95. The molecule has 130 valence electrons. The van der Waals surface area contributed by atoms with Crippen molar-refractivity contribution < 1.29 is 9.47 Å². The van der Waals surface area contributed by atoms with E-state index in [0.29, 0.717) is 5.92 Å². The molecule has 7 nitrogen and oxygen atoms in total. The van der Waals surface area contributed by atoms with Crippen molar-refractivity contribution in [2.75, 3.05) is 59.7 Å². The van der Waals surface area contributed by atoms with Crippen molar-refractivity contribution >= 4 is 0 Å². The summed E-state index contributed by atoms with van der Waals surface area (Å²) in [6, 6.07) is 0. The van der Waals surface area contributed by atoms with Crippen LogP contribution in [0.25, 0.3) is 0 Å². The first-order valence-corrected chi connectivity index (χ1v) is 8.67. The Kier molecular flexibility index (Phi) is 5.99. The highest BCUT2D eigenvalue weighted by molar-refractivity contribution is 5.04. The molecule has 0 aromatic carbocycles. The van der Waals surface area contributed by atoms with Crippen LogP contribution in [0.15, 0.2) is 0 Å². The van der Waals surface area contributed by atoms with Crippen LogP contribution in [0.4, 0.5) is 0 Å². The third kappa shape index (κ3) is 4.29. The Morgan fingerprint density at radius 2 is 2.00 bits per heavy atom. The molecular formula is C16H29N5O2. The Labute approximate surface area is 138 Å². The minimum absolute atomic E-state index is 0.483. The lowest BCUT2D eigenvalue weighted by molar-refractivity contribution is 0.0326. The minimum atomic E-state index is 0.483. The summed E-state index contributed by atoms with van der Waals surface area (Å²) in [4.78, 5) is 4.87. The predicted octanol–water partition coefficient (Wildman–Crippen LogP) is 0.473. The van der Waals surface area contributed by atoms with Gasteiger partial charge in [0, 0.05) is 46.3 Å². The smallest absolute Gasteiger partial charge is 0.146 e. The normalized spacial score (nSPS) is 24.2. The van der Waals surface area contributed by atoms with E-state index in [1.807, 2.05) is 0 Å². The minimum Gasteiger partial charge on any atom is -0.383 e. The van der Waals surface area contributed by atoms with Gasteiger partial charge in [0.05, 0.1) is 26.4 Å². The number of methoxy groups -OCH3 is 1. The van der Waals surface area contributed by atoms with Crippen LogP contribution in [-0.4, -0.2) is 84.2 Å². The van der Waals surface area contributed by atoms with Gasteiger partial charge in [0.15, 0.2) is 0 Å². The highest BCUT2D eigenvalue weighted by Crippen LogP contribution is 2.25. The summed E-state index contributed by atoms with van der Waals surface area (Å²) in [6.07, 6.45) is 2.42. The summed E-state index contributed by atoms with van der Waals surface area (Å²) < 4.78 is 12.8. The first-order chi connectivity index (χ1) is 11.3. The van der Waals surface area contributed by atoms with Crippen LogP contribution in [0.3, 0.4) is 0 Å². The van der Waals surface area contributed by atoms with Crippen LogP contribution in [0.2, 0.25) is 0 Å². The van der Waals surface area contributed by atoms with E-state index in [4.69, 9.17) is 9.47 Å². The molecule has 2 fully saturated rings. The van der Waals surface area contributed by atoms with Crippen molar-refractivity contribution in [2.45, 2.75) is 25.3 Å². The average Bonchev–Trinajstić information content (AvgIpc) is 2.95. The Bertz CT molecular complexity index is 487. The number of piperidine rings is 1. The molecule has 0 saturated carbocycles. The lowest BCUT2D eigenvalue weighted by Gasteiger charge is -2.32. The fourth-order valence-electron chi connectivity index (χ4n) is 3.52. The SMILES string of the molecule is COCCN1CCCC(c2nnc(CN3CCOCC3)n2C)C1. The Balaban J connectivity index is 1.61. The predicted molar refractivity (Wildman–Crippen MR) is 87.4 cm³/mol. The fourth-order valence-corrected chi connectivity index (χ4v) is 3.52. The second kappa shape index (κ2) is 8.19. The van der Waals surface area contributed by atoms with Gasteiger partial charge in [0.1, 0.15) is 11.6 Å². The van der Waals surface area contributed by atoms with Crippen molar-refractivity contribution in [1.29, 1.82) is 0 Å². The topological polar surface area (TPSA) is 55.6 Å². The lowest BCUT2D eigenvalue weighted by atomic mass is 9.97. The molecule has 0 spiro atoms. The first-order valence-electron chi connectivity index (χ1n) is 8.67. The zero-order chi connectivity index (χ0) is 16.1. The zero-order valence-electron chi connectivity index (χ0n) is 14.4. The molecular weight excluding hydrogens is 294 g/mol. The third-order valence-electron chi connectivity index (χ3n) is 4.95. The largest absolute Gasteiger partial charge is 0.383 e. The van der Waals surface area contributed by atoms with E-state index in [1.54, 1.807) is 7.11 Å². The molecule has 1 unspecified atom stereocenters. The molecule has 7 heteroatoms. The summed E-state index contributed by atoms with van der Waals surface area (Å²) >= 11 is 0. The molecule has 0 N–H and O–H groups in total. The van der Waals surface area contributed by atoms with E-state index >= 15 is 0 Å². The fraction of sp³-hybridized carbons (Fsp3) is 0.875. The van der Waals surface area contributed by atoms with E-state index in [0.717, 1.165) is 64.2 Å². The number of hydrogen-bond acceptors (Lipinski definition) is 6. The highest BCUT2D eigenvalue weighted by atomic mass is 16.5. The van der Waals surface area contributed by atoms with E-state index in [-0.39, 0.29) is 0 Å². The molecule has 0 bridgehead atoms. The number of ether oxygens (including phenoxy) is 2.